The SMILES string of the molecule is COc1c(C)cccc1CNC(=O)C(=O)NCCc1ccc(C)cn1. The predicted molar refractivity (Wildman–Crippen MR) is 95.3 cm³/mol. The smallest absolute Gasteiger partial charge is 0.309 e. The van der Waals surface area contributed by atoms with Gasteiger partial charge in [0, 0.05) is 37.0 Å². The van der Waals surface area contributed by atoms with E-state index >= 15 is 0 Å². The van der Waals surface area contributed by atoms with Crippen molar-refractivity contribution in [2.45, 2.75) is 26.8 Å². The van der Waals surface area contributed by atoms with E-state index in [0.717, 1.165) is 22.4 Å². The van der Waals surface area contributed by atoms with Crippen molar-refractivity contribution in [1.82, 2.24) is 15.6 Å². The Morgan fingerprint density at radius 2 is 1.84 bits per heavy atom. The van der Waals surface area contributed by atoms with Gasteiger partial charge in [0.15, 0.2) is 0 Å². The lowest BCUT2D eigenvalue weighted by atomic mass is 10.1. The van der Waals surface area contributed by atoms with Crippen molar-refractivity contribution < 1.29 is 14.3 Å². The molecule has 2 aromatic rings. The summed E-state index contributed by atoms with van der Waals surface area (Å²) in [6.07, 6.45) is 2.35. The third kappa shape index (κ3) is 5.31. The molecule has 132 valence electrons. The van der Waals surface area contributed by atoms with E-state index in [2.05, 4.69) is 15.6 Å². The molecule has 2 amide bonds. The number of carbonyl (C=O) groups excluding carboxylic acids is 2. The normalized spacial score (nSPS) is 10.2. The number of carbonyl (C=O) groups is 2. The fraction of sp³-hybridized carbons (Fsp3) is 0.316. The summed E-state index contributed by atoms with van der Waals surface area (Å²) < 4.78 is 5.33. The molecule has 0 saturated carbocycles. The number of nitrogens with zero attached hydrogens (tertiary/aromatic N) is 1. The van der Waals surface area contributed by atoms with Crippen molar-refractivity contribution in [3.05, 3.63) is 58.9 Å². The van der Waals surface area contributed by atoms with E-state index in [1.54, 1.807) is 13.3 Å². The molecule has 2 N–H and O–H groups in total. The fourth-order valence-corrected chi connectivity index (χ4v) is 2.43. The minimum atomic E-state index is -0.666. The van der Waals surface area contributed by atoms with Crippen molar-refractivity contribution in [3.63, 3.8) is 0 Å². The lowest BCUT2D eigenvalue weighted by Crippen LogP contribution is -2.40. The second-order valence-corrected chi connectivity index (χ2v) is 5.78. The van der Waals surface area contributed by atoms with Gasteiger partial charge in [0.05, 0.1) is 7.11 Å². The zero-order valence-corrected chi connectivity index (χ0v) is 14.8. The van der Waals surface area contributed by atoms with Crippen LogP contribution in [0.5, 0.6) is 5.75 Å². The number of pyridine rings is 1. The molecule has 0 aliphatic carbocycles. The summed E-state index contributed by atoms with van der Waals surface area (Å²) in [4.78, 5) is 28.0. The van der Waals surface area contributed by atoms with E-state index in [-0.39, 0.29) is 6.54 Å². The number of hydrogen-bond donors (Lipinski definition) is 2. The third-order valence-electron chi connectivity index (χ3n) is 3.78. The molecule has 6 nitrogen and oxygen atoms in total. The fourth-order valence-electron chi connectivity index (χ4n) is 2.43. The molecule has 1 aromatic heterocycles. The van der Waals surface area contributed by atoms with Gasteiger partial charge in [-0.1, -0.05) is 24.3 Å². The highest BCUT2D eigenvalue weighted by molar-refractivity contribution is 6.35. The number of aryl methyl sites for hydroxylation is 2. The number of nitrogens with one attached hydrogen (secondary N) is 2. The van der Waals surface area contributed by atoms with Crippen LogP contribution in [0.15, 0.2) is 36.5 Å². The Bertz CT molecular complexity index is 742. The van der Waals surface area contributed by atoms with Crippen molar-refractivity contribution >= 4 is 11.8 Å². The number of ether oxygens (including phenoxy) is 1. The van der Waals surface area contributed by atoms with Crippen molar-refractivity contribution in [1.29, 1.82) is 0 Å². The number of para-hydroxylation sites is 1. The summed E-state index contributed by atoms with van der Waals surface area (Å²) in [5.74, 6) is -0.604. The van der Waals surface area contributed by atoms with Crippen LogP contribution in [-0.4, -0.2) is 30.5 Å². The summed E-state index contributed by atoms with van der Waals surface area (Å²) in [6, 6.07) is 9.54. The Hall–Kier alpha value is -2.89. The highest BCUT2D eigenvalue weighted by Crippen LogP contribution is 2.22. The Morgan fingerprint density at radius 1 is 1.08 bits per heavy atom. The molecule has 1 aromatic carbocycles. The van der Waals surface area contributed by atoms with Crippen LogP contribution in [0.4, 0.5) is 0 Å². The van der Waals surface area contributed by atoms with Gasteiger partial charge in [0.2, 0.25) is 0 Å². The highest BCUT2D eigenvalue weighted by atomic mass is 16.5. The molecule has 6 heteroatoms. The number of methoxy groups -OCH3 is 1. The maximum absolute atomic E-state index is 11.9. The molecular weight excluding hydrogens is 318 g/mol. The topological polar surface area (TPSA) is 80.3 Å². The van der Waals surface area contributed by atoms with E-state index in [0.29, 0.717) is 18.7 Å². The number of hydrogen-bond acceptors (Lipinski definition) is 4. The van der Waals surface area contributed by atoms with E-state index in [9.17, 15) is 9.59 Å². The molecule has 0 aliphatic rings. The van der Waals surface area contributed by atoms with Gasteiger partial charge in [-0.25, -0.2) is 0 Å². The highest BCUT2D eigenvalue weighted by Gasteiger charge is 2.14. The first kappa shape index (κ1) is 18.4. The number of aromatic nitrogens is 1. The summed E-state index contributed by atoms with van der Waals surface area (Å²) in [7, 11) is 1.58. The molecule has 0 spiro atoms. The maximum Gasteiger partial charge on any atom is 0.309 e. The van der Waals surface area contributed by atoms with Crippen LogP contribution >= 0.6 is 0 Å². The van der Waals surface area contributed by atoms with Crippen LogP contribution in [0.2, 0.25) is 0 Å². The van der Waals surface area contributed by atoms with Gasteiger partial charge in [-0.3, -0.25) is 14.6 Å². The average molecular weight is 341 g/mol. The molecule has 0 saturated heterocycles. The Labute approximate surface area is 147 Å². The number of rotatable bonds is 6. The monoisotopic (exact) mass is 341 g/mol. The van der Waals surface area contributed by atoms with Crippen LogP contribution in [0, 0.1) is 13.8 Å². The standard InChI is InChI=1S/C19H23N3O3/c1-13-7-8-16(21-11-13)9-10-20-18(23)19(24)22-12-15-6-4-5-14(2)17(15)25-3/h4-8,11H,9-10,12H2,1-3H3,(H,20,23)(H,22,24). The van der Waals surface area contributed by atoms with Crippen LogP contribution < -0.4 is 15.4 Å². The van der Waals surface area contributed by atoms with Crippen LogP contribution in [0.25, 0.3) is 0 Å². The molecule has 0 fully saturated rings. The van der Waals surface area contributed by atoms with E-state index in [1.165, 1.54) is 0 Å². The second-order valence-electron chi connectivity index (χ2n) is 5.78. The summed E-state index contributed by atoms with van der Waals surface area (Å²) in [5.41, 5.74) is 3.76. The number of amides is 2. The van der Waals surface area contributed by atoms with E-state index in [1.807, 2.05) is 44.2 Å². The van der Waals surface area contributed by atoms with Gasteiger partial charge in [0.1, 0.15) is 5.75 Å². The summed E-state index contributed by atoms with van der Waals surface area (Å²) in [5, 5.41) is 5.21. The predicted octanol–water partition coefficient (Wildman–Crippen LogP) is 1.68. The first-order valence-corrected chi connectivity index (χ1v) is 8.11. The molecule has 25 heavy (non-hydrogen) atoms. The first-order valence-electron chi connectivity index (χ1n) is 8.11. The van der Waals surface area contributed by atoms with Crippen LogP contribution in [-0.2, 0) is 22.6 Å². The second kappa shape index (κ2) is 8.82. The van der Waals surface area contributed by atoms with Crippen LogP contribution in [0.3, 0.4) is 0 Å². The van der Waals surface area contributed by atoms with Gasteiger partial charge in [-0.2, -0.15) is 0 Å². The molecule has 2 rings (SSSR count). The minimum absolute atomic E-state index is 0.233. The maximum atomic E-state index is 11.9. The lowest BCUT2D eigenvalue weighted by Gasteiger charge is -2.12. The van der Waals surface area contributed by atoms with Gasteiger partial charge < -0.3 is 15.4 Å². The Morgan fingerprint density at radius 3 is 2.52 bits per heavy atom. The first-order chi connectivity index (χ1) is 12.0. The van der Waals surface area contributed by atoms with E-state index < -0.39 is 11.8 Å². The van der Waals surface area contributed by atoms with Gasteiger partial charge in [-0.05, 0) is 31.0 Å². The van der Waals surface area contributed by atoms with Crippen molar-refractivity contribution in [3.8, 4) is 5.75 Å². The molecule has 0 unspecified atom stereocenters. The molecule has 0 radical (unpaired) electrons. The molecule has 1 heterocycles. The van der Waals surface area contributed by atoms with Gasteiger partial charge in [-0.15, -0.1) is 0 Å². The van der Waals surface area contributed by atoms with Gasteiger partial charge in [0.25, 0.3) is 0 Å². The van der Waals surface area contributed by atoms with E-state index in [4.69, 9.17) is 4.74 Å². The average Bonchev–Trinajstić information content (AvgIpc) is 2.61. The largest absolute Gasteiger partial charge is 0.496 e. The Kier molecular flexibility index (Phi) is 6.51. The zero-order chi connectivity index (χ0) is 18.2. The van der Waals surface area contributed by atoms with Crippen LogP contribution in [0.1, 0.15) is 22.4 Å². The molecular formula is C19H23N3O3. The summed E-state index contributed by atoms with van der Waals surface area (Å²) in [6.45, 7) is 4.48. The molecule has 0 aliphatic heterocycles. The Balaban J connectivity index is 1.79. The zero-order valence-electron chi connectivity index (χ0n) is 14.8. The van der Waals surface area contributed by atoms with Gasteiger partial charge >= 0.3 is 11.8 Å². The minimum Gasteiger partial charge on any atom is -0.496 e. The molecule has 0 atom stereocenters. The summed E-state index contributed by atoms with van der Waals surface area (Å²) >= 11 is 0. The number of benzene rings is 1. The van der Waals surface area contributed by atoms with Crippen molar-refractivity contribution in [2.24, 2.45) is 0 Å². The third-order valence-corrected chi connectivity index (χ3v) is 3.78. The van der Waals surface area contributed by atoms with Crippen molar-refractivity contribution in [2.75, 3.05) is 13.7 Å². The quantitative estimate of drug-likeness (QED) is 0.784. The lowest BCUT2D eigenvalue weighted by molar-refractivity contribution is -0.139. The molecule has 0 bridgehead atoms.